The van der Waals surface area contributed by atoms with Crippen LogP contribution in [0.1, 0.15) is 26.9 Å². The zero-order valence-corrected chi connectivity index (χ0v) is 16.4. The van der Waals surface area contributed by atoms with Crippen LogP contribution in [0, 0.1) is 12.7 Å². The normalized spacial score (nSPS) is 12.3. The molecule has 6 heteroatoms. The average molecular weight is 389 g/mol. The Morgan fingerprint density at radius 1 is 1.15 bits per heavy atom. The van der Waals surface area contributed by atoms with Gasteiger partial charge in [-0.25, -0.2) is 4.39 Å². The molecular weight excluding hydrogens is 367 g/mol. The van der Waals surface area contributed by atoms with E-state index in [-0.39, 0.29) is 17.8 Å². The molecule has 26 heavy (non-hydrogen) atoms. The smallest absolute Gasteiger partial charge is 0.234 e. The first-order chi connectivity index (χ1) is 12.5. The largest absolute Gasteiger partial charge is 0.343 e. The van der Waals surface area contributed by atoms with E-state index in [1.807, 2.05) is 29.5 Å². The van der Waals surface area contributed by atoms with Crippen LogP contribution in [-0.2, 0) is 11.3 Å². The van der Waals surface area contributed by atoms with E-state index in [1.165, 1.54) is 22.6 Å². The number of likely N-dealkylation sites (N-methyl/N-ethyl adjacent to an activating group) is 1. The van der Waals surface area contributed by atoms with Gasteiger partial charge in [-0.1, -0.05) is 18.2 Å². The van der Waals surface area contributed by atoms with Crippen LogP contribution in [0.4, 0.5) is 4.39 Å². The van der Waals surface area contributed by atoms with E-state index in [0.717, 1.165) is 17.0 Å². The topological polar surface area (TPSA) is 32.3 Å². The van der Waals surface area contributed by atoms with Gasteiger partial charge >= 0.3 is 0 Å². The van der Waals surface area contributed by atoms with Crippen molar-refractivity contribution in [1.29, 1.82) is 0 Å². The van der Waals surface area contributed by atoms with Crippen LogP contribution in [0.2, 0.25) is 0 Å². The lowest BCUT2D eigenvalue weighted by Gasteiger charge is -2.21. The van der Waals surface area contributed by atoms with Crippen molar-refractivity contribution in [2.24, 2.45) is 0 Å². The number of thiophene rings is 2. The summed E-state index contributed by atoms with van der Waals surface area (Å²) in [6, 6.07) is 12.1. The summed E-state index contributed by atoms with van der Waals surface area (Å²) in [5, 5.41) is 7.14. The van der Waals surface area contributed by atoms with Gasteiger partial charge in [0.15, 0.2) is 0 Å². The highest BCUT2D eigenvalue weighted by atomic mass is 32.1. The third-order valence-corrected chi connectivity index (χ3v) is 6.08. The Morgan fingerprint density at radius 2 is 1.92 bits per heavy atom. The predicted molar refractivity (Wildman–Crippen MR) is 106 cm³/mol. The molecular formula is C20H21FN2OS2. The zero-order valence-electron chi connectivity index (χ0n) is 14.7. The van der Waals surface area contributed by atoms with Crippen LogP contribution >= 0.6 is 22.7 Å². The van der Waals surface area contributed by atoms with E-state index in [1.54, 1.807) is 34.8 Å². The Bertz CT molecular complexity index is 843. The van der Waals surface area contributed by atoms with Gasteiger partial charge in [0.1, 0.15) is 5.82 Å². The molecule has 2 aromatic heterocycles. The van der Waals surface area contributed by atoms with E-state index >= 15 is 0 Å². The van der Waals surface area contributed by atoms with Crippen molar-refractivity contribution in [3.8, 4) is 0 Å². The van der Waals surface area contributed by atoms with Crippen LogP contribution in [0.25, 0.3) is 0 Å². The Hall–Kier alpha value is -2.02. The number of aryl methyl sites for hydroxylation is 1. The van der Waals surface area contributed by atoms with Gasteiger partial charge in [-0.05, 0) is 60.1 Å². The second kappa shape index (κ2) is 8.58. The molecule has 0 aliphatic heterocycles. The second-order valence-corrected chi connectivity index (χ2v) is 8.25. The molecule has 0 spiro atoms. The molecule has 0 bridgehead atoms. The summed E-state index contributed by atoms with van der Waals surface area (Å²) in [6.07, 6.45) is 0. The van der Waals surface area contributed by atoms with Crippen molar-refractivity contribution in [2.45, 2.75) is 19.5 Å². The lowest BCUT2D eigenvalue weighted by molar-refractivity contribution is -0.122. The molecule has 3 nitrogen and oxygen atoms in total. The summed E-state index contributed by atoms with van der Waals surface area (Å²) < 4.78 is 13.2. The summed E-state index contributed by atoms with van der Waals surface area (Å²) in [6.45, 7) is 3.14. The standard InChI is InChI=1S/C20H21FN2OS2/c1-14-9-11-26-18(14)12-23(2)13-19(24)22-20(17-4-3-10-25-17)15-5-7-16(21)8-6-15/h3-11,20H,12-13H2,1-2H3,(H,22,24)/t20-/m0/s1. The quantitative estimate of drug-likeness (QED) is 0.642. The maximum Gasteiger partial charge on any atom is 0.234 e. The second-order valence-electron chi connectivity index (χ2n) is 6.27. The Balaban J connectivity index is 1.67. The number of hydrogen-bond donors (Lipinski definition) is 1. The van der Waals surface area contributed by atoms with Crippen LogP contribution in [-0.4, -0.2) is 24.4 Å². The van der Waals surface area contributed by atoms with Crippen LogP contribution in [0.5, 0.6) is 0 Å². The van der Waals surface area contributed by atoms with Gasteiger partial charge < -0.3 is 5.32 Å². The van der Waals surface area contributed by atoms with E-state index in [4.69, 9.17) is 0 Å². The van der Waals surface area contributed by atoms with Crippen molar-refractivity contribution in [1.82, 2.24) is 10.2 Å². The average Bonchev–Trinajstić information content (AvgIpc) is 3.26. The van der Waals surface area contributed by atoms with Gasteiger partial charge in [-0.2, -0.15) is 0 Å². The van der Waals surface area contributed by atoms with Gasteiger partial charge in [0, 0.05) is 16.3 Å². The number of carbonyl (C=O) groups is 1. The van der Waals surface area contributed by atoms with Gasteiger partial charge in [-0.3, -0.25) is 9.69 Å². The van der Waals surface area contributed by atoms with E-state index in [9.17, 15) is 9.18 Å². The Kier molecular flexibility index (Phi) is 6.19. The molecule has 0 fully saturated rings. The third-order valence-electron chi connectivity index (χ3n) is 4.13. The summed E-state index contributed by atoms with van der Waals surface area (Å²) >= 11 is 3.28. The van der Waals surface area contributed by atoms with Crippen molar-refractivity contribution in [3.63, 3.8) is 0 Å². The highest BCUT2D eigenvalue weighted by Gasteiger charge is 2.19. The maximum atomic E-state index is 13.2. The molecule has 1 amide bonds. The number of hydrogen-bond acceptors (Lipinski definition) is 4. The van der Waals surface area contributed by atoms with Crippen molar-refractivity contribution in [2.75, 3.05) is 13.6 Å². The fourth-order valence-corrected chi connectivity index (χ4v) is 4.54. The molecule has 0 aliphatic rings. The number of nitrogens with zero attached hydrogens (tertiary/aromatic N) is 1. The minimum Gasteiger partial charge on any atom is -0.343 e. The molecule has 136 valence electrons. The molecule has 1 aromatic carbocycles. The summed E-state index contributed by atoms with van der Waals surface area (Å²) in [5.74, 6) is -0.333. The summed E-state index contributed by atoms with van der Waals surface area (Å²) in [4.78, 5) is 16.9. The number of amides is 1. The predicted octanol–water partition coefficient (Wildman–Crippen LogP) is 4.59. The fraction of sp³-hybridized carbons (Fsp3) is 0.250. The molecule has 0 unspecified atom stereocenters. The van der Waals surface area contributed by atoms with E-state index < -0.39 is 0 Å². The summed E-state index contributed by atoms with van der Waals surface area (Å²) in [5.41, 5.74) is 2.13. The van der Waals surface area contributed by atoms with Gasteiger partial charge in [0.2, 0.25) is 5.91 Å². The molecule has 3 aromatic rings. The monoisotopic (exact) mass is 388 g/mol. The zero-order chi connectivity index (χ0) is 18.5. The lowest BCUT2D eigenvalue weighted by atomic mass is 10.1. The number of rotatable bonds is 7. The number of benzene rings is 1. The van der Waals surface area contributed by atoms with Crippen molar-refractivity contribution >= 4 is 28.6 Å². The molecule has 2 heterocycles. The highest BCUT2D eigenvalue weighted by Crippen LogP contribution is 2.26. The van der Waals surface area contributed by atoms with E-state index in [2.05, 4.69) is 23.7 Å². The van der Waals surface area contributed by atoms with E-state index in [0.29, 0.717) is 6.54 Å². The third kappa shape index (κ3) is 4.78. The Labute approximate surface area is 161 Å². The van der Waals surface area contributed by atoms with Crippen LogP contribution in [0.15, 0.2) is 53.2 Å². The van der Waals surface area contributed by atoms with Gasteiger partial charge in [0.05, 0.1) is 12.6 Å². The first-order valence-electron chi connectivity index (χ1n) is 8.32. The molecule has 1 N–H and O–H groups in total. The molecule has 0 aliphatic carbocycles. The first-order valence-corrected chi connectivity index (χ1v) is 10.1. The SMILES string of the molecule is Cc1ccsc1CN(C)CC(=O)N[C@@H](c1ccc(F)cc1)c1cccs1. The van der Waals surface area contributed by atoms with Crippen LogP contribution in [0.3, 0.4) is 0 Å². The minimum atomic E-state index is -0.281. The molecule has 0 saturated heterocycles. The highest BCUT2D eigenvalue weighted by molar-refractivity contribution is 7.10. The molecule has 0 saturated carbocycles. The molecule has 1 atom stereocenters. The van der Waals surface area contributed by atoms with Crippen LogP contribution < -0.4 is 5.32 Å². The van der Waals surface area contributed by atoms with Gasteiger partial charge in [-0.15, -0.1) is 22.7 Å². The molecule has 0 radical (unpaired) electrons. The fourth-order valence-electron chi connectivity index (χ4n) is 2.75. The molecule has 3 rings (SSSR count). The number of nitrogens with one attached hydrogen (secondary N) is 1. The first kappa shape index (κ1) is 18.8. The van der Waals surface area contributed by atoms with Gasteiger partial charge in [0.25, 0.3) is 0 Å². The minimum absolute atomic E-state index is 0.0514. The summed E-state index contributed by atoms with van der Waals surface area (Å²) in [7, 11) is 1.94. The Morgan fingerprint density at radius 3 is 2.54 bits per heavy atom. The lowest BCUT2D eigenvalue weighted by Crippen LogP contribution is -2.37. The van der Waals surface area contributed by atoms with Crippen molar-refractivity contribution < 1.29 is 9.18 Å². The number of carbonyl (C=O) groups excluding carboxylic acids is 1. The maximum absolute atomic E-state index is 13.2. The van der Waals surface area contributed by atoms with Crippen molar-refractivity contribution in [3.05, 3.63) is 79.9 Å². The number of halogens is 1.